The van der Waals surface area contributed by atoms with Crippen LogP contribution in [0.5, 0.6) is 0 Å². The Labute approximate surface area is 188 Å². The Bertz CT molecular complexity index is 1130. The average molecular weight is 461 g/mol. The molecule has 9 nitrogen and oxygen atoms in total. The number of aromatic nitrogens is 5. The molecule has 2 saturated carbocycles. The summed E-state index contributed by atoms with van der Waals surface area (Å²) in [4.78, 5) is 9.25. The molecule has 0 amide bonds. The molecule has 2 aliphatic carbocycles. The van der Waals surface area contributed by atoms with Gasteiger partial charge in [0.25, 0.3) is 0 Å². The van der Waals surface area contributed by atoms with Crippen LogP contribution in [0.3, 0.4) is 0 Å². The van der Waals surface area contributed by atoms with E-state index in [9.17, 15) is 19.7 Å². The van der Waals surface area contributed by atoms with Gasteiger partial charge >= 0.3 is 0 Å². The fourth-order valence-electron chi connectivity index (χ4n) is 4.25. The SMILES string of the molecule is CCCSc1nc(NC2CC2c2cccc(F)c2)c2nnn([C@H]3C[C@@H](O)[C@H](O)[C@@H]3O)c2n1. The first kappa shape index (κ1) is 21.5. The number of aliphatic hydroxyl groups is 3. The highest BCUT2D eigenvalue weighted by atomic mass is 32.2. The second-order valence-electron chi connectivity index (χ2n) is 8.41. The second-order valence-corrected chi connectivity index (χ2v) is 9.47. The molecule has 0 radical (unpaired) electrons. The second kappa shape index (κ2) is 8.54. The minimum atomic E-state index is -1.24. The predicted molar refractivity (Wildman–Crippen MR) is 117 cm³/mol. The van der Waals surface area contributed by atoms with E-state index in [-0.39, 0.29) is 24.2 Å². The number of thioether (sulfide) groups is 1. The molecule has 170 valence electrons. The molecular weight excluding hydrogens is 435 g/mol. The van der Waals surface area contributed by atoms with Gasteiger partial charge in [-0.25, -0.2) is 19.0 Å². The maximum absolute atomic E-state index is 13.6. The summed E-state index contributed by atoms with van der Waals surface area (Å²) < 4.78 is 15.1. The van der Waals surface area contributed by atoms with Crippen molar-refractivity contribution in [2.24, 2.45) is 0 Å². The number of anilines is 1. The van der Waals surface area contributed by atoms with Gasteiger partial charge < -0.3 is 20.6 Å². The Kier molecular flexibility index (Phi) is 5.74. The third-order valence-corrected chi connectivity index (χ3v) is 7.12. The van der Waals surface area contributed by atoms with Gasteiger partial charge in [0.1, 0.15) is 18.0 Å². The molecule has 2 fully saturated rings. The standard InChI is InChI=1S/C21H25FN6O3S/c1-2-6-32-21-24-19(23-13-8-12(13)10-4-3-5-11(22)7-10)16-20(25-21)28(27-26-16)14-9-15(29)18(31)17(14)30/h3-5,7,12-15,17-18,29-31H,2,6,8-9H2,1H3,(H,23,24,25)/t12?,13?,14-,15+,17+,18-/m0/s1. The Morgan fingerprint density at radius 1 is 1.19 bits per heavy atom. The number of hydrogen-bond donors (Lipinski definition) is 4. The molecule has 0 bridgehead atoms. The van der Waals surface area contributed by atoms with Crippen LogP contribution in [0.2, 0.25) is 0 Å². The first-order valence-electron chi connectivity index (χ1n) is 10.8. The van der Waals surface area contributed by atoms with Crippen molar-refractivity contribution in [3.8, 4) is 0 Å². The summed E-state index contributed by atoms with van der Waals surface area (Å²) in [5, 5.41) is 42.7. The lowest BCUT2D eigenvalue weighted by molar-refractivity contribution is -0.0253. The van der Waals surface area contributed by atoms with Gasteiger partial charge in [0.2, 0.25) is 0 Å². The maximum Gasteiger partial charge on any atom is 0.191 e. The van der Waals surface area contributed by atoms with Gasteiger partial charge in [-0.1, -0.05) is 36.0 Å². The summed E-state index contributed by atoms with van der Waals surface area (Å²) in [5.74, 6) is 1.31. The summed E-state index contributed by atoms with van der Waals surface area (Å²) in [7, 11) is 0. The fraction of sp³-hybridized carbons (Fsp3) is 0.524. The molecule has 2 heterocycles. The largest absolute Gasteiger partial charge is 0.390 e. The Morgan fingerprint density at radius 3 is 2.75 bits per heavy atom. The smallest absolute Gasteiger partial charge is 0.191 e. The van der Waals surface area contributed by atoms with Gasteiger partial charge in [-0.3, -0.25) is 0 Å². The molecule has 2 unspecified atom stereocenters. The number of fused-ring (bicyclic) bond motifs is 1. The van der Waals surface area contributed by atoms with E-state index in [4.69, 9.17) is 0 Å². The first-order chi connectivity index (χ1) is 15.5. The molecule has 0 spiro atoms. The summed E-state index contributed by atoms with van der Waals surface area (Å²) in [6.45, 7) is 2.07. The van der Waals surface area contributed by atoms with Gasteiger partial charge in [-0.05, 0) is 30.5 Å². The van der Waals surface area contributed by atoms with Crippen molar-refractivity contribution >= 4 is 28.7 Å². The lowest BCUT2D eigenvalue weighted by Crippen LogP contribution is -2.31. The number of hydrogen-bond acceptors (Lipinski definition) is 9. The van der Waals surface area contributed by atoms with Crippen molar-refractivity contribution in [1.29, 1.82) is 0 Å². The lowest BCUT2D eigenvalue weighted by atomic mass is 10.1. The highest BCUT2D eigenvalue weighted by Crippen LogP contribution is 2.43. The first-order valence-corrected chi connectivity index (χ1v) is 11.8. The summed E-state index contributed by atoms with van der Waals surface area (Å²) in [6, 6.07) is 6.07. The van der Waals surface area contributed by atoms with Gasteiger partial charge in [0.15, 0.2) is 22.1 Å². The van der Waals surface area contributed by atoms with Crippen molar-refractivity contribution in [2.75, 3.05) is 11.1 Å². The van der Waals surface area contributed by atoms with Crippen LogP contribution in [-0.4, -0.2) is 70.4 Å². The van der Waals surface area contributed by atoms with E-state index in [0.717, 1.165) is 24.2 Å². The normalized spacial score (nSPS) is 29.5. The molecular formula is C21H25FN6O3S. The Morgan fingerprint density at radius 2 is 2.03 bits per heavy atom. The van der Waals surface area contributed by atoms with Crippen molar-refractivity contribution in [2.45, 2.75) is 67.7 Å². The number of nitrogens with zero attached hydrogens (tertiary/aromatic N) is 5. The summed E-state index contributed by atoms with van der Waals surface area (Å²) in [6.07, 6.45) is -1.51. The van der Waals surface area contributed by atoms with Gasteiger partial charge in [-0.2, -0.15) is 0 Å². The average Bonchev–Trinajstić information content (AvgIpc) is 3.35. The van der Waals surface area contributed by atoms with E-state index < -0.39 is 24.4 Å². The van der Waals surface area contributed by atoms with Crippen LogP contribution in [0.15, 0.2) is 29.4 Å². The zero-order valence-electron chi connectivity index (χ0n) is 17.5. The van der Waals surface area contributed by atoms with E-state index in [2.05, 4.69) is 32.5 Å². The van der Waals surface area contributed by atoms with Crippen molar-refractivity contribution in [3.05, 3.63) is 35.6 Å². The summed E-state index contributed by atoms with van der Waals surface area (Å²) in [5.41, 5.74) is 1.84. The predicted octanol–water partition coefficient (Wildman–Crippen LogP) is 1.86. The molecule has 3 aromatic rings. The molecule has 4 N–H and O–H groups in total. The van der Waals surface area contributed by atoms with Crippen molar-refractivity contribution in [3.63, 3.8) is 0 Å². The minimum Gasteiger partial charge on any atom is -0.390 e. The number of aliphatic hydroxyl groups excluding tert-OH is 3. The molecule has 0 aliphatic heterocycles. The van der Waals surface area contributed by atoms with Crippen LogP contribution in [0.1, 0.15) is 43.7 Å². The molecule has 11 heteroatoms. The van der Waals surface area contributed by atoms with Gasteiger partial charge in [0.05, 0.1) is 12.1 Å². The molecule has 2 aliphatic rings. The van der Waals surface area contributed by atoms with E-state index in [1.54, 1.807) is 12.1 Å². The van der Waals surface area contributed by atoms with Crippen LogP contribution in [0, 0.1) is 5.82 Å². The third-order valence-electron chi connectivity index (χ3n) is 6.06. The van der Waals surface area contributed by atoms with E-state index in [0.29, 0.717) is 22.1 Å². The third kappa shape index (κ3) is 3.94. The molecule has 5 rings (SSSR count). The highest BCUT2D eigenvalue weighted by molar-refractivity contribution is 7.99. The van der Waals surface area contributed by atoms with Crippen molar-refractivity contribution in [1.82, 2.24) is 25.0 Å². The van der Waals surface area contributed by atoms with Crippen LogP contribution in [-0.2, 0) is 0 Å². The number of benzene rings is 1. The quantitative estimate of drug-likeness (QED) is 0.308. The van der Waals surface area contributed by atoms with Crippen molar-refractivity contribution < 1.29 is 19.7 Å². The van der Waals surface area contributed by atoms with Gasteiger partial charge in [0, 0.05) is 24.1 Å². The number of rotatable bonds is 7. The van der Waals surface area contributed by atoms with E-state index in [1.165, 1.54) is 22.5 Å². The van der Waals surface area contributed by atoms with Crippen LogP contribution in [0.4, 0.5) is 10.2 Å². The van der Waals surface area contributed by atoms with Gasteiger partial charge in [-0.15, -0.1) is 5.10 Å². The monoisotopic (exact) mass is 460 g/mol. The zero-order valence-corrected chi connectivity index (χ0v) is 18.3. The van der Waals surface area contributed by atoms with Crippen LogP contribution in [0.25, 0.3) is 11.2 Å². The summed E-state index contributed by atoms with van der Waals surface area (Å²) >= 11 is 1.51. The molecule has 32 heavy (non-hydrogen) atoms. The van der Waals surface area contributed by atoms with Crippen LogP contribution < -0.4 is 5.32 Å². The topological polar surface area (TPSA) is 129 Å². The Balaban J connectivity index is 1.46. The molecule has 0 saturated heterocycles. The maximum atomic E-state index is 13.6. The minimum absolute atomic E-state index is 0.0878. The number of halogens is 1. The fourth-order valence-corrected chi connectivity index (χ4v) is 4.95. The molecule has 6 atom stereocenters. The van der Waals surface area contributed by atoms with E-state index in [1.807, 2.05) is 6.07 Å². The molecule has 2 aromatic heterocycles. The Hall–Kier alpha value is -2.34. The molecule has 1 aromatic carbocycles. The van der Waals surface area contributed by atoms with E-state index >= 15 is 0 Å². The lowest BCUT2D eigenvalue weighted by Gasteiger charge is -2.16. The highest BCUT2D eigenvalue weighted by Gasteiger charge is 2.44. The zero-order chi connectivity index (χ0) is 22.4. The number of nitrogens with one attached hydrogen (secondary N) is 1. The van der Waals surface area contributed by atoms with Crippen LogP contribution >= 0.6 is 11.8 Å².